The molecule has 0 bridgehead atoms. The first-order valence-electron chi connectivity index (χ1n) is 6.68. The Balaban J connectivity index is 2.22. The summed E-state index contributed by atoms with van der Waals surface area (Å²) in [5.41, 5.74) is 7.91. The van der Waals surface area contributed by atoms with Gasteiger partial charge in [0.1, 0.15) is 24.1 Å². The van der Waals surface area contributed by atoms with Gasteiger partial charge in [0.15, 0.2) is 6.10 Å². The summed E-state index contributed by atoms with van der Waals surface area (Å²) in [6.45, 7) is 3.54. The van der Waals surface area contributed by atoms with Gasteiger partial charge in [-0.1, -0.05) is 0 Å². The smallest absolute Gasteiger partial charge is 0.335 e. The van der Waals surface area contributed by atoms with Gasteiger partial charge in [-0.25, -0.2) is 4.79 Å². The quantitative estimate of drug-likeness (QED) is 0.454. The van der Waals surface area contributed by atoms with Crippen LogP contribution in [-0.4, -0.2) is 57.1 Å². The van der Waals surface area contributed by atoms with E-state index in [9.17, 15) is 20.1 Å². The number of carbonyl (C=O) groups is 1. The second kappa shape index (κ2) is 6.09. The number of ether oxygens (including phenoxy) is 2. The number of anilines is 1. The molecule has 6 N–H and O–H groups in total. The summed E-state index contributed by atoms with van der Waals surface area (Å²) in [7, 11) is 0. The van der Waals surface area contributed by atoms with Crippen molar-refractivity contribution < 1.29 is 34.7 Å². The number of aliphatic hydroxyl groups is 3. The van der Waals surface area contributed by atoms with Crippen LogP contribution in [-0.2, 0) is 9.53 Å². The van der Waals surface area contributed by atoms with Crippen LogP contribution in [0.5, 0.6) is 5.75 Å². The summed E-state index contributed by atoms with van der Waals surface area (Å²) < 4.78 is 10.5. The zero-order chi connectivity index (χ0) is 16.6. The SMILES string of the molecule is Cc1cc(O[C@@H]2O[C@H](C(=O)O)[C@@H](O)[C@H](O)[C@H]2O)cc(C)c1N. The van der Waals surface area contributed by atoms with Gasteiger partial charge in [0.05, 0.1) is 0 Å². The number of carboxylic acid groups (broad SMARTS) is 1. The van der Waals surface area contributed by atoms with E-state index in [0.29, 0.717) is 11.4 Å². The molecule has 5 atom stereocenters. The summed E-state index contributed by atoms with van der Waals surface area (Å²) in [4.78, 5) is 11.0. The van der Waals surface area contributed by atoms with E-state index in [1.54, 1.807) is 26.0 Å². The second-order valence-corrected chi connectivity index (χ2v) is 5.32. The number of hydrogen-bond donors (Lipinski definition) is 5. The normalized spacial score (nSPS) is 31.8. The molecule has 1 saturated heterocycles. The Morgan fingerprint density at radius 2 is 1.68 bits per heavy atom. The lowest BCUT2D eigenvalue weighted by Gasteiger charge is -2.38. The van der Waals surface area contributed by atoms with Crippen molar-refractivity contribution in [3.05, 3.63) is 23.3 Å². The summed E-state index contributed by atoms with van der Waals surface area (Å²) in [5, 5.41) is 38.2. The highest BCUT2D eigenvalue weighted by molar-refractivity contribution is 5.73. The highest BCUT2D eigenvalue weighted by Crippen LogP contribution is 2.28. The van der Waals surface area contributed by atoms with Gasteiger partial charge < -0.3 is 35.6 Å². The Bertz CT molecular complexity index is 553. The molecule has 0 amide bonds. The molecule has 0 radical (unpaired) electrons. The third-order valence-electron chi connectivity index (χ3n) is 3.63. The summed E-state index contributed by atoms with van der Waals surface area (Å²) in [6.07, 6.45) is -8.16. The molecule has 2 rings (SSSR count). The molecule has 1 fully saturated rings. The van der Waals surface area contributed by atoms with Crippen molar-refractivity contribution >= 4 is 11.7 Å². The topological polar surface area (TPSA) is 142 Å². The molecule has 0 spiro atoms. The zero-order valence-electron chi connectivity index (χ0n) is 12.1. The number of aryl methyl sites for hydroxylation is 2. The molecule has 8 nitrogen and oxygen atoms in total. The van der Waals surface area contributed by atoms with Gasteiger partial charge >= 0.3 is 5.97 Å². The van der Waals surface area contributed by atoms with Crippen molar-refractivity contribution in [1.29, 1.82) is 0 Å². The van der Waals surface area contributed by atoms with Crippen molar-refractivity contribution in [2.45, 2.75) is 44.6 Å². The Labute approximate surface area is 126 Å². The van der Waals surface area contributed by atoms with Gasteiger partial charge in [0, 0.05) is 5.69 Å². The first kappa shape index (κ1) is 16.5. The van der Waals surface area contributed by atoms with E-state index in [2.05, 4.69) is 0 Å². The first-order chi connectivity index (χ1) is 10.2. The third kappa shape index (κ3) is 3.00. The van der Waals surface area contributed by atoms with Gasteiger partial charge in [0.25, 0.3) is 0 Å². The molecule has 0 saturated carbocycles. The van der Waals surface area contributed by atoms with Crippen molar-refractivity contribution in [1.82, 2.24) is 0 Å². The van der Waals surface area contributed by atoms with Gasteiger partial charge in [0.2, 0.25) is 6.29 Å². The van der Waals surface area contributed by atoms with E-state index in [0.717, 1.165) is 11.1 Å². The zero-order valence-corrected chi connectivity index (χ0v) is 12.1. The van der Waals surface area contributed by atoms with Crippen LogP contribution in [0.15, 0.2) is 12.1 Å². The Kier molecular flexibility index (Phi) is 4.57. The summed E-state index contributed by atoms with van der Waals surface area (Å²) >= 11 is 0. The second-order valence-electron chi connectivity index (χ2n) is 5.32. The molecule has 8 heteroatoms. The molecule has 1 aliphatic rings. The van der Waals surface area contributed by atoms with Crippen molar-refractivity contribution in [3.63, 3.8) is 0 Å². The van der Waals surface area contributed by atoms with Crippen LogP contribution in [0, 0.1) is 13.8 Å². The fourth-order valence-electron chi connectivity index (χ4n) is 2.29. The lowest BCUT2D eigenvalue weighted by molar-refractivity contribution is -0.271. The third-order valence-corrected chi connectivity index (χ3v) is 3.63. The van der Waals surface area contributed by atoms with Crippen LogP contribution in [0.25, 0.3) is 0 Å². The minimum Gasteiger partial charge on any atom is -0.479 e. The molecule has 0 aromatic heterocycles. The number of rotatable bonds is 3. The number of aliphatic carboxylic acids is 1. The molecule has 1 aromatic carbocycles. The van der Waals surface area contributed by atoms with Crippen LogP contribution < -0.4 is 10.5 Å². The standard InChI is InChI=1S/C14H19NO7/c1-5-3-7(4-6(2)8(5)15)21-14-11(18)9(16)10(17)12(22-14)13(19)20/h3-4,9-12,14,16-18H,15H2,1-2H3,(H,19,20)/t9-,10-,11+,12-,14+/m0/s1. The average Bonchev–Trinajstić information content (AvgIpc) is 2.44. The minimum atomic E-state index is -1.75. The van der Waals surface area contributed by atoms with E-state index in [-0.39, 0.29) is 0 Å². The predicted molar refractivity (Wildman–Crippen MR) is 75.3 cm³/mol. The van der Waals surface area contributed by atoms with Crippen molar-refractivity contribution in [3.8, 4) is 5.75 Å². The number of nitrogen functional groups attached to an aromatic ring is 1. The van der Waals surface area contributed by atoms with Crippen molar-refractivity contribution in [2.75, 3.05) is 5.73 Å². The molecule has 1 heterocycles. The van der Waals surface area contributed by atoms with Crippen LogP contribution in [0.2, 0.25) is 0 Å². The summed E-state index contributed by atoms with van der Waals surface area (Å²) in [5.74, 6) is -1.15. The first-order valence-corrected chi connectivity index (χ1v) is 6.68. The minimum absolute atomic E-state index is 0.306. The lowest BCUT2D eigenvalue weighted by Crippen LogP contribution is -2.61. The number of aliphatic hydroxyl groups excluding tert-OH is 3. The predicted octanol–water partition coefficient (Wildman–Crippen LogP) is -0.843. The van der Waals surface area contributed by atoms with E-state index in [4.69, 9.17) is 20.3 Å². The number of hydrogen-bond acceptors (Lipinski definition) is 7. The number of benzene rings is 1. The molecular formula is C14H19NO7. The van der Waals surface area contributed by atoms with E-state index >= 15 is 0 Å². The highest BCUT2D eigenvalue weighted by Gasteiger charge is 2.48. The molecule has 1 aliphatic heterocycles. The maximum absolute atomic E-state index is 11.0. The van der Waals surface area contributed by atoms with Crippen LogP contribution in [0.4, 0.5) is 5.69 Å². The molecule has 122 valence electrons. The maximum atomic E-state index is 11.0. The van der Waals surface area contributed by atoms with Crippen molar-refractivity contribution in [2.24, 2.45) is 0 Å². The average molecular weight is 313 g/mol. The van der Waals surface area contributed by atoms with Gasteiger partial charge in [-0.15, -0.1) is 0 Å². The van der Waals surface area contributed by atoms with E-state index in [1.807, 2.05) is 0 Å². The highest BCUT2D eigenvalue weighted by atomic mass is 16.7. The van der Waals surface area contributed by atoms with Gasteiger partial charge in [-0.2, -0.15) is 0 Å². The Hall–Kier alpha value is -1.87. The Morgan fingerprint density at radius 1 is 1.14 bits per heavy atom. The largest absolute Gasteiger partial charge is 0.479 e. The fraction of sp³-hybridized carbons (Fsp3) is 0.500. The summed E-state index contributed by atoms with van der Waals surface area (Å²) in [6, 6.07) is 3.21. The Morgan fingerprint density at radius 3 is 2.18 bits per heavy atom. The molecular weight excluding hydrogens is 294 g/mol. The molecule has 0 unspecified atom stereocenters. The molecule has 1 aromatic rings. The van der Waals surface area contributed by atoms with Gasteiger partial charge in [-0.05, 0) is 37.1 Å². The van der Waals surface area contributed by atoms with Crippen LogP contribution in [0.1, 0.15) is 11.1 Å². The van der Waals surface area contributed by atoms with Gasteiger partial charge in [-0.3, -0.25) is 0 Å². The number of carboxylic acids is 1. The molecule has 22 heavy (non-hydrogen) atoms. The maximum Gasteiger partial charge on any atom is 0.335 e. The van der Waals surface area contributed by atoms with E-state index < -0.39 is 36.7 Å². The molecule has 0 aliphatic carbocycles. The number of nitrogens with two attached hydrogens (primary N) is 1. The fourth-order valence-corrected chi connectivity index (χ4v) is 2.29. The van der Waals surface area contributed by atoms with Crippen LogP contribution >= 0.6 is 0 Å². The monoisotopic (exact) mass is 313 g/mol. The van der Waals surface area contributed by atoms with Crippen LogP contribution in [0.3, 0.4) is 0 Å². The van der Waals surface area contributed by atoms with E-state index in [1.165, 1.54) is 0 Å². The lowest BCUT2D eigenvalue weighted by atomic mass is 9.99.